The monoisotopic (exact) mass is 481 g/mol. The molecule has 3 aromatic rings. The summed E-state index contributed by atoms with van der Waals surface area (Å²) in [7, 11) is 4.76. The van der Waals surface area contributed by atoms with Gasteiger partial charge < -0.3 is 30.7 Å². The third-order valence-corrected chi connectivity index (χ3v) is 5.52. The van der Waals surface area contributed by atoms with Crippen LogP contribution in [0.3, 0.4) is 0 Å². The molecule has 1 aliphatic heterocycles. The van der Waals surface area contributed by atoms with Crippen molar-refractivity contribution in [1.82, 2.24) is 25.2 Å². The van der Waals surface area contributed by atoms with E-state index >= 15 is 0 Å². The van der Waals surface area contributed by atoms with E-state index < -0.39 is 12.3 Å². The van der Waals surface area contributed by atoms with Crippen LogP contribution < -0.4 is 25.8 Å². The van der Waals surface area contributed by atoms with Crippen LogP contribution in [0, 0.1) is 0 Å². The summed E-state index contributed by atoms with van der Waals surface area (Å²) >= 11 is 0. The Morgan fingerprint density at radius 3 is 2.77 bits per heavy atom. The van der Waals surface area contributed by atoms with E-state index in [0.29, 0.717) is 47.4 Å². The van der Waals surface area contributed by atoms with Crippen molar-refractivity contribution in [3.8, 4) is 22.9 Å². The van der Waals surface area contributed by atoms with Crippen LogP contribution in [0.15, 0.2) is 42.6 Å². The number of nitrogens with one attached hydrogen (secondary N) is 2. The molecule has 0 saturated carbocycles. The van der Waals surface area contributed by atoms with Gasteiger partial charge in [0.1, 0.15) is 29.4 Å². The molecular weight excluding hydrogens is 453 g/mol. The van der Waals surface area contributed by atoms with Gasteiger partial charge >= 0.3 is 0 Å². The largest absolute Gasteiger partial charge is 0.485 e. The summed E-state index contributed by atoms with van der Waals surface area (Å²) in [5.74, 6) is 1.14. The number of hydrogen-bond acceptors (Lipinski definition) is 9. The summed E-state index contributed by atoms with van der Waals surface area (Å²) in [6.07, 6.45) is 0.574. The first-order valence-electron chi connectivity index (χ1n) is 11.1. The van der Waals surface area contributed by atoms with Crippen LogP contribution in [0.2, 0.25) is 0 Å². The highest BCUT2D eigenvalue weighted by atomic mass is 19.1. The topological polar surface area (TPSA) is 128 Å². The lowest BCUT2D eigenvalue weighted by Crippen LogP contribution is -2.44. The van der Waals surface area contributed by atoms with Gasteiger partial charge in [0.25, 0.3) is 5.91 Å². The Labute approximate surface area is 202 Å². The van der Waals surface area contributed by atoms with Crippen molar-refractivity contribution in [2.24, 2.45) is 0 Å². The molecule has 184 valence electrons. The normalized spacial score (nSPS) is 17.5. The number of methoxy groups -OCH3 is 1. The highest BCUT2D eigenvalue weighted by Crippen LogP contribution is 2.30. The Morgan fingerprint density at radius 2 is 2.06 bits per heavy atom. The van der Waals surface area contributed by atoms with Crippen LogP contribution in [0.1, 0.15) is 16.8 Å². The smallest absolute Gasteiger partial charge is 0.258 e. The Morgan fingerprint density at radius 1 is 1.23 bits per heavy atom. The molecule has 0 unspecified atom stereocenters. The lowest BCUT2D eigenvalue weighted by atomic mass is 10.1. The van der Waals surface area contributed by atoms with E-state index in [1.807, 2.05) is 6.07 Å². The highest BCUT2D eigenvalue weighted by Gasteiger charge is 2.26. The number of nitrogens with two attached hydrogens (primary N) is 1. The zero-order chi connectivity index (χ0) is 24.9. The molecule has 2 atom stereocenters. The molecule has 0 aliphatic carbocycles. The van der Waals surface area contributed by atoms with Crippen LogP contribution in [0.25, 0.3) is 11.3 Å². The van der Waals surface area contributed by atoms with Gasteiger partial charge in [0.2, 0.25) is 11.8 Å². The number of nitrogen functional groups attached to an aromatic ring is 1. The maximum Gasteiger partial charge on any atom is 0.258 e. The minimum atomic E-state index is -1.08. The number of halogens is 1. The standard InChI is InChI=1S/C24H28FN7O3/c1-32(2)23(33)15-5-7-21(30-22(15)34-3)31-24-28-11-8-18(29-24)14-4-6-20(17(26)12-14)35-19-9-10-27-13-16(19)25/h4-8,11-12,16,19,27H,9-10,13,26H2,1-3H3,(H,28,29,30,31)/t16-,19+/m1/s1. The number of carbonyl (C=O) groups is 1. The van der Waals surface area contributed by atoms with E-state index in [1.165, 1.54) is 12.0 Å². The predicted molar refractivity (Wildman–Crippen MR) is 131 cm³/mol. The minimum Gasteiger partial charge on any atom is -0.485 e. The fourth-order valence-electron chi connectivity index (χ4n) is 3.67. The van der Waals surface area contributed by atoms with E-state index in [4.69, 9.17) is 15.2 Å². The van der Waals surface area contributed by atoms with Crippen LogP contribution in [-0.4, -0.2) is 72.3 Å². The van der Waals surface area contributed by atoms with E-state index in [9.17, 15) is 9.18 Å². The predicted octanol–water partition coefficient (Wildman–Crippen LogP) is 2.65. The van der Waals surface area contributed by atoms with Crippen LogP contribution in [0.4, 0.5) is 21.8 Å². The average molecular weight is 482 g/mol. The summed E-state index contributed by atoms with van der Waals surface area (Å²) in [6.45, 7) is 0.976. The van der Waals surface area contributed by atoms with E-state index in [0.717, 1.165) is 5.56 Å². The van der Waals surface area contributed by atoms with E-state index in [2.05, 4.69) is 25.6 Å². The maximum atomic E-state index is 14.1. The van der Waals surface area contributed by atoms with Crippen LogP contribution in [0.5, 0.6) is 11.6 Å². The minimum absolute atomic E-state index is 0.192. The second-order valence-electron chi connectivity index (χ2n) is 8.26. The fraction of sp³-hybridized carbons (Fsp3) is 0.333. The van der Waals surface area contributed by atoms with Crippen molar-refractivity contribution in [3.63, 3.8) is 0 Å². The van der Waals surface area contributed by atoms with Gasteiger partial charge in [0, 0.05) is 32.4 Å². The van der Waals surface area contributed by atoms with E-state index in [-0.39, 0.29) is 18.3 Å². The van der Waals surface area contributed by atoms with Gasteiger partial charge in [-0.25, -0.2) is 14.4 Å². The second-order valence-corrected chi connectivity index (χ2v) is 8.26. The first-order valence-corrected chi connectivity index (χ1v) is 11.1. The van der Waals surface area contributed by atoms with Crippen LogP contribution in [-0.2, 0) is 0 Å². The lowest BCUT2D eigenvalue weighted by Gasteiger charge is -2.27. The number of hydrogen-bond donors (Lipinski definition) is 3. The average Bonchev–Trinajstić information content (AvgIpc) is 2.86. The Hall–Kier alpha value is -3.99. The number of anilines is 3. The number of piperidine rings is 1. The molecule has 1 amide bonds. The van der Waals surface area contributed by atoms with Gasteiger partial charge in [-0.15, -0.1) is 0 Å². The second kappa shape index (κ2) is 10.5. The van der Waals surface area contributed by atoms with Gasteiger partial charge in [-0.1, -0.05) is 0 Å². The molecule has 1 fully saturated rings. The molecule has 3 heterocycles. The van der Waals surface area contributed by atoms with Crippen LogP contribution >= 0.6 is 0 Å². The molecule has 35 heavy (non-hydrogen) atoms. The lowest BCUT2D eigenvalue weighted by molar-refractivity contribution is 0.0738. The van der Waals surface area contributed by atoms with Gasteiger partial charge in [0.05, 0.1) is 18.5 Å². The number of aromatic nitrogens is 3. The number of rotatable bonds is 7. The van der Waals surface area contributed by atoms with E-state index in [1.54, 1.807) is 50.6 Å². The SMILES string of the molecule is COc1nc(Nc2nccc(-c3ccc(O[C@H]4CCNC[C@H]4F)c(N)c3)n2)ccc1C(=O)N(C)C. The quantitative estimate of drug-likeness (QED) is 0.436. The Bertz CT molecular complexity index is 1210. The molecule has 1 aromatic carbocycles. The summed E-state index contributed by atoms with van der Waals surface area (Å²) in [4.78, 5) is 26.9. The molecule has 2 aromatic heterocycles. The molecule has 4 N–H and O–H groups in total. The summed E-state index contributed by atoms with van der Waals surface area (Å²) in [5, 5.41) is 6.03. The number of amides is 1. The molecule has 10 nitrogen and oxygen atoms in total. The number of nitrogens with zero attached hydrogens (tertiary/aromatic N) is 4. The number of ether oxygens (including phenoxy) is 2. The highest BCUT2D eigenvalue weighted by molar-refractivity contribution is 5.96. The molecule has 1 saturated heterocycles. The van der Waals surface area contributed by atoms with Gasteiger partial charge in [-0.2, -0.15) is 4.98 Å². The van der Waals surface area contributed by atoms with Crippen molar-refractivity contribution >= 4 is 23.4 Å². The van der Waals surface area contributed by atoms with Crippen molar-refractivity contribution in [2.45, 2.75) is 18.7 Å². The number of carbonyl (C=O) groups excluding carboxylic acids is 1. The molecule has 0 radical (unpaired) electrons. The van der Waals surface area contributed by atoms with Gasteiger partial charge in [-0.05, 0) is 49.4 Å². The number of alkyl halides is 1. The first kappa shape index (κ1) is 24.1. The first-order chi connectivity index (χ1) is 16.9. The summed E-state index contributed by atoms with van der Waals surface area (Å²) < 4.78 is 25.2. The zero-order valence-electron chi connectivity index (χ0n) is 19.8. The van der Waals surface area contributed by atoms with Gasteiger partial charge in [0.15, 0.2) is 0 Å². The van der Waals surface area contributed by atoms with Crippen molar-refractivity contribution in [2.75, 3.05) is 45.3 Å². The molecule has 0 bridgehead atoms. The Kier molecular flexibility index (Phi) is 7.25. The third kappa shape index (κ3) is 5.57. The molecule has 1 aliphatic rings. The molecular formula is C24H28FN7O3. The maximum absolute atomic E-state index is 14.1. The zero-order valence-corrected chi connectivity index (χ0v) is 19.8. The summed E-state index contributed by atoms with van der Waals surface area (Å²) in [6, 6.07) is 10.3. The van der Waals surface area contributed by atoms with Crippen molar-refractivity contribution in [1.29, 1.82) is 0 Å². The van der Waals surface area contributed by atoms with Crippen molar-refractivity contribution < 1.29 is 18.7 Å². The van der Waals surface area contributed by atoms with Gasteiger partial charge in [-0.3, -0.25) is 4.79 Å². The number of pyridine rings is 1. The number of benzene rings is 1. The summed E-state index contributed by atoms with van der Waals surface area (Å²) in [5.41, 5.74) is 8.31. The molecule has 4 rings (SSSR count). The van der Waals surface area contributed by atoms with Crippen molar-refractivity contribution in [3.05, 3.63) is 48.2 Å². The Balaban J connectivity index is 1.51. The third-order valence-electron chi connectivity index (χ3n) is 5.52. The molecule has 11 heteroatoms. The fourth-order valence-corrected chi connectivity index (χ4v) is 3.67. The molecule has 0 spiro atoms.